The standard InChI is InChI=1S/C16H37N3O4/c1-12(9-20)13(10-21)23-14(22)8-18-16(4,5)11-19-15(2,3)6-7-17/h12-14,18-22H,6-11,17H2,1-5H3. The third kappa shape index (κ3) is 10.2. The van der Waals surface area contributed by atoms with Gasteiger partial charge in [-0.15, -0.1) is 0 Å². The summed E-state index contributed by atoms with van der Waals surface area (Å²) in [6.07, 6.45) is -0.745. The second-order valence-corrected chi connectivity index (χ2v) is 7.51. The van der Waals surface area contributed by atoms with Crippen molar-refractivity contribution in [3.63, 3.8) is 0 Å². The normalized spacial score (nSPS) is 17.1. The van der Waals surface area contributed by atoms with Crippen molar-refractivity contribution in [1.82, 2.24) is 10.6 Å². The van der Waals surface area contributed by atoms with E-state index in [0.717, 1.165) is 6.42 Å². The van der Waals surface area contributed by atoms with Gasteiger partial charge in [0, 0.05) is 36.7 Å². The van der Waals surface area contributed by atoms with Crippen molar-refractivity contribution in [2.75, 3.05) is 32.8 Å². The van der Waals surface area contributed by atoms with Crippen molar-refractivity contribution in [3.8, 4) is 0 Å². The molecule has 0 aromatic rings. The number of rotatable bonds is 13. The van der Waals surface area contributed by atoms with E-state index in [1.54, 1.807) is 6.92 Å². The van der Waals surface area contributed by atoms with Gasteiger partial charge < -0.3 is 36.4 Å². The fourth-order valence-electron chi connectivity index (χ4n) is 2.06. The maximum Gasteiger partial charge on any atom is 0.167 e. The minimum Gasteiger partial charge on any atom is -0.396 e. The summed E-state index contributed by atoms with van der Waals surface area (Å²) in [5, 5.41) is 35.0. The molecule has 0 saturated carbocycles. The summed E-state index contributed by atoms with van der Waals surface area (Å²) in [6.45, 7) is 11.3. The summed E-state index contributed by atoms with van der Waals surface area (Å²) in [5.41, 5.74) is 5.32. The molecule has 7 N–H and O–H groups in total. The van der Waals surface area contributed by atoms with E-state index in [9.17, 15) is 10.2 Å². The van der Waals surface area contributed by atoms with Gasteiger partial charge in [0.15, 0.2) is 6.29 Å². The molecule has 0 aromatic heterocycles. The van der Waals surface area contributed by atoms with Gasteiger partial charge in [0.2, 0.25) is 0 Å². The molecule has 7 heteroatoms. The van der Waals surface area contributed by atoms with E-state index >= 15 is 0 Å². The first-order valence-electron chi connectivity index (χ1n) is 8.32. The number of hydrogen-bond donors (Lipinski definition) is 6. The Morgan fingerprint density at radius 3 is 2.13 bits per heavy atom. The van der Waals surface area contributed by atoms with Crippen LogP contribution in [-0.2, 0) is 4.74 Å². The Morgan fingerprint density at radius 2 is 1.65 bits per heavy atom. The lowest BCUT2D eigenvalue weighted by Gasteiger charge is -2.34. The fraction of sp³-hybridized carbons (Fsp3) is 1.00. The van der Waals surface area contributed by atoms with Crippen molar-refractivity contribution in [3.05, 3.63) is 0 Å². The highest BCUT2D eigenvalue weighted by Crippen LogP contribution is 2.11. The van der Waals surface area contributed by atoms with Crippen LogP contribution in [0.15, 0.2) is 0 Å². The third-order valence-corrected chi connectivity index (χ3v) is 3.97. The summed E-state index contributed by atoms with van der Waals surface area (Å²) in [6, 6.07) is 0. The smallest absolute Gasteiger partial charge is 0.167 e. The zero-order valence-corrected chi connectivity index (χ0v) is 15.3. The Hall–Kier alpha value is -0.280. The monoisotopic (exact) mass is 335 g/mol. The summed E-state index contributed by atoms with van der Waals surface area (Å²) in [7, 11) is 0. The van der Waals surface area contributed by atoms with Gasteiger partial charge in [-0.25, -0.2) is 0 Å². The topological polar surface area (TPSA) is 120 Å². The number of β-amino-alcohol motifs (C(OH)–C–C–N with tert-alkyl or cyclic N) is 1. The predicted octanol–water partition coefficient (Wildman–Crippen LogP) is -0.604. The molecule has 0 fully saturated rings. The highest BCUT2D eigenvalue weighted by atomic mass is 16.6. The number of hydrogen-bond acceptors (Lipinski definition) is 7. The second kappa shape index (κ2) is 10.6. The maximum absolute atomic E-state index is 9.96. The largest absolute Gasteiger partial charge is 0.396 e. The Morgan fingerprint density at radius 1 is 1.04 bits per heavy atom. The van der Waals surface area contributed by atoms with Crippen LogP contribution in [0.1, 0.15) is 41.0 Å². The van der Waals surface area contributed by atoms with E-state index in [0.29, 0.717) is 13.1 Å². The zero-order chi connectivity index (χ0) is 18.1. The molecule has 0 aliphatic carbocycles. The lowest BCUT2D eigenvalue weighted by molar-refractivity contribution is -0.163. The van der Waals surface area contributed by atoms with Crippen molar-refractivity contribution in [1.29, 1.82) is 0 Å². The Labute approximate surface area is 140 Å². The Kier molecular flexibility index (Phi) is 10.4. The van der Waals surface area contributed by atoms with E-state index in [1.165, 1.54) is 0 Å². The maximum atomic E-state index is 9.96. The van der Waals surface area contributed by atoms with E-state index in [4.69, 9.17) is 15.6 Å². The number of aliphatic hydroxyl groups is 3. The van der Waals surface area contributed by atoms with Crippen molar-refractivity contribution in [2.24, 2.45) is 11.7 Å². The van der Waals surface area contributed by atoms with Gasteiger partial charge in [-0.2, -0.15) is 0 Å². The average Bonchev–Trinajstić information content (AvgIpc) is 2.48. The van der Waals surface area contributed by atoms with Crippen LogP contribution < -0.4 is 16.4 Å². The highest BCUT2D eigenvalue weighted by Gasteiger charge is 2.25. The van der Waals surface area contributed by atoms with Crippen LogP contribution in [0.2, 0.25) is 0 Å². The van der Waals surface area contributed by atoms with Crippen LogP contribution in [0, 0.1) is 5.92 Å². The lowest BCUT2D eigenvalue weighted by Crippen LogP contribution is -2.55. The first-order valence-corrected chi connectivity index (χ1v) is 8.32. The minimum absolute atomic E-state index is 0.0403. The molecule has 0 radical (unpaired) electrons. The van der Waals surface area contributed by atoms with Crippen molar-refractivity contribution < 1.29 is 20.1 Å². The van der Waals surface area contributed by atoms with E-state index in [-0.39, 0.29) is 36.8 Å². The molecule has 0 rings (SSSR count). The van der Waals surface area contributed by atoms with Gasteiger partial charge in [-0.05, 0) is 40.7 Å². The quantitative estimate of drug-likeness (QED) is 0.249. The van der Waals surface area contributed by atoms with E-state index < -0.39 is 12.4 Å². The molecule has 140 valence electrons. The van der Waals surface area contributed by atoms with Crippen LogP contribution in [0.3, 0.4) is 0 Å². The Balaban J connectivity index is 4.25. The number of ether oxygens (including phenoxy) is 1. The molecular formula is C16H37N3O4. The van der Waals surface area contributed by atoms with Crippen molar-refractivity contribution >= 4 is 0 Å². The van der Waals surface area contributed by atoms with Crippen LogP contribution in [0.4, 0.5) is 0 Å². The van der Waals surface area contributed by atoms with Gasteiger partial charge in [0.1, 0.15) is 0 Å². The summed E-state index contributed by atoms with van der Waals surface area (Å²) in [5.74, 6) is -0.235. The van der Waals surface area contributed by atoms with Crippen LogP contribution in [0.5, 0.6) is 0 Å². The molecule has 0 aromatic carbocycles. The highest BCUT2D eigenvalue weighted by molar-refractivity contribution is 4.86. The molecule has 0 heterocycles. The number of nitrogens with one attached hydrogen (secondary N) is 2. The van der Waals surface area contributed by atoms with Gasteiger partial charge >= 0.3 is 0 Å². The molecule has 3 atom stereocenters. The van der Waals surface area contributed by atoms with Gasteiger partial charge in [0.25, 0.3) is 0 Å². The molecule has 0 bridgehead atoms. The predicted molar refractivity (Wildman–Crippen MR) is 92.1 cm³/mol. The molecule has 7 nitrogen and oxygen atoms in total. The van der Waals surface area contributed by atoms with Crippen LogP contribution in [-0.4, -0.2) is 71.6 Å². The molecule has 0 aliphatic heterocycles. The van der Waals surface area contributed by atoms with Gasteiger partial charge in [0.05, 0.1) is 12.7 Å². The average molecular weight is 335 g/mol. The lowest BCUT2D eigenvalue weighted by atomic mass is 9.97. The zero-order valence-electron chi connectivity index (χ0n) is 15.3. The molecule has 0 spiro atoms. The molecule has 3 unspecified atom stereocenters. The third-order valence-electron chi connectivity index (χ3n) is 3.97. The minimum atomic E-state index is -1.04. The number of aliphatic hydroxyl groups excluding tert-OH is 3. The SMILES string of the molecule is CC(CO)C(CO)OC(O)CNC(C)(C)CNC(C)(C)CCN. The van der Waals surface area contributed by atoms with Gasteiger partial charge in [-0.3, -0.25) is 0 Å². The molecule has 23 heavy (non-hydrogen) atoms. The van der Waals surface area contributed by atoms with Crippen LogP contribution >= 0.6 is 0 Å². The molecule has 0 saturated heterocycles. The van der Waals surface area contributed by atoms with E-state index in [2.05, 4.69) is 24.5 Å². The number of nitrogens with two attached hydrogens (primary N) is 1. The molecular weight excluding hydrogens is 298 g/mol. The summed E-state index contributed by atoms with van der Waals surface area (Å²) < 4.78 is 5.38. The first-order chi connectivity index (χ1) is 10.6. The fourth-order valence-corrected chi connectivity index (χ4v) is 2.06. The second-order valence-electron chi connectivity index (χ2n) is 7.51. The summed E-state index contributed by atoms with van der Waals surface area (Å²) >= 11 is 0. The Bertz CT molecular complexity index is 314. The molecule has 0 amide bonds. The molecule has 0 aliphatic rings. The first kappa shape index (κ1) is 22.7. The van der Waals surface area contributed by atoms with Crippen LogP contribution in [0.25, 0.3) is 0 Å². The van der Waals surface area contributed by atoms with E-state index in [1.807, 2.05) is 13.8 Å². The van der Waals surface area contributed by atoms with Crippen molar-refractivity contribution in [2.45, 2.75) is 64.5 Å². The summed E-state index contributed by atoms with van der Waals surface area (Å²) in [4.78, 5) is 0. The van der Waals surface area contributed by atoms with Gasteiger partial charge in [-0.1, -0.05) is 6.92 Å².